The number of aldehydes is 1. The molecule has 0 spiro atoms. The second-order valence-electron chi connectivity index (χ2n) is 5.85. The number of ether oxygens (including phenoxy) is 2. The molecule has 3 rings (SSSR count). The molecular formula is C21H18N2O5. The van der Waals surface area contributed by atoms with Gasteiger partial charge in [-0.25, -0.2) is 0 Å². The van der Waals surface area contributed by atoms with Crippen molar-refractivity contribution in [1.29, 1.82) is 0 Å². The van der Waals surface area contributed by atoms with Crippen molar-refractivity contribution in [2.24, 2.45) is 0 Å². The monoisotopic (exact) mass is 378 g/mol. The second-order valence-corrected chi connectivity index (χ2v) is 5.85. The van der Waals surface area contributed by atoms with E-state index in [0.717, 1.165) is 0 Å². The summed E-state index contributed by atoms with van der Waals surface area (Å²) < 4.78 is 10.7. The van der Waals surface area contributed by atoms with Gasteiger partial charge in [-0.2, -0.15) is 0 Å². The first kappa shape index (κ1) is 18.9. The Morgan fingerprint density at radius 2 is 1.96 bits per heavy atom. The lowest BCUT2D eigenvalue weighted by Crippen LogP contribution is -2.12. The molecule has 0 fully saturated rings. The van der Waals surface area contributed by atoms with Crippen LogP contribution in [0.1, 0.15) is 26.4 Å². The van der Waals surface area contributed by atoms with Gasteiger partial charge in [0.2, 0.25) is 0 Å². The van der Waals surface area contributed by atoms with Crippen LogP contribution >= 0.6 is 0 Å². The Hall–Kier alpha value is -3.87. The van der Waals surface area contributed by atoms with Gasteiger partial charge < -0.3 is 19.9 Å². The van der Waals surface area contributed by atoms with Crippen LogP contribution in [-0.4, -0.2) is 29.4 Å². The number of aromatic hydroxyl groups is 1. The van der Waals surface area contributed by atoms with Crippen LogP contribution in [0.15, 0.2) is 60.8 Å². The summed E-state index contributed by atoms with van der Waals surface area (Å²) in [5.74, 6) is 0.548. The number of pyridine rings is 1. The van der Waals surface area contributed by atoms with Crippen molar-refractivity contribution in [3.05, 3.63) is 77.6 Å². The van der Waals surface area contributed by atoms with E-state index < -0.39 is 5.91 Å². The maximum atomic E-state index is 12.4. The van der Waals surface area contributed by atoms with Gasteiger partial charge in [0.25, 0.3) is 5.91 Å². The topological polar surface area (TPSA) is 97.7 Å². The molecule has 0 unspecified atom stereocenters. The van der Waals surface area contributed by atoms with Gasteiger partial charge in [0, 0.05) is 17.2 Å². The molecule has 1 heterocycles. The summed E-state index contributed by atoms with van der Waals surface area (Å²) in [5, 5.41) is 12.6. The molecule has 0 radical (unpaired) electrons. The summed E-state index contributed by atoms with van der Waals surface area (Å²) in [6, 6.07) is 14.3. The molecule has 1 aromatic heterocycles. The number of carbonyl (C=O) groups excluding carboxylic acids is 2. The van der Waals surface area contributed by atoms with Gasteiger partial charge >= 0.3 is 0 Å². The first-order valence-corrected chi connectivity index (χ1v) is 8.40. The molecule has 7 nitrogen and oxygen atoms in total. The molecule has 2 N–H and O–H groups in total. The van der Waals surface area contributed by atoms with Crippen LogP contribution in [0.3, 0.4) is 0 Å². The summed E-state index contributed by atoms with van der Waals surface area (Å²) in [6.45, 7) is 0.212. The molecule has 1 amide bonds. The summed E-state index contributed by atoms with van der Waals surface area (Å²) >= 11 is 0. The fraction of sp³-hybridized carbons (Fsp3) is 0.0952. The van der Waals surface area contributed by atoms with Crippen molar-refractivity contribution in [2.75, 3.05) is 12.4 Å². The Balaban J connectivity index is 1.69. The molecule has 142 valence electrons. The fourth-order valence-electron chi connectivity index (χ4n) is 2.43. The Morgan fingerprint density at radius 3 is 2.68 bits per heavy atom. The number of amides is 1. The fourth-order valence-corrected chi connectivity index (χ4v) is 2.43. The number of carbonyl (C=O) groups is 2. The highest BCUT2D eigenvalue weighted by molar-refractivity contribution is 6.05. The lowest BCUT2D eigenvalue weighted by molar-refractivity contribution is 0.102. The highest BCUT2D eigenvalue weighted by Crippen LogP contribution is 2.29. The highest BCUT2D eigenvalue weighted by atomic mass is 16.5. The number of nitrogens with zero attached hydrogens (tertiary/aromatic N) is 1. The number of phenolic OH excluding ortho intramolecular Hbond substituents is 1. The minimum absolute atomic E-state index is 0.102. The van der Waals surface area contributed by atoms with Gasteiger partial charge in [0.05, 0.1) is 24.7 Å². The maximum Gasteiger partial charge on any atom is 0.255 e. The molecule has 0 atom stereocenters. The quantitative estimate of drug-likeness (QED) is 0.483. The SMILES string of the molecule is COc1ccc(COc2ccc(O)c(NC(=O)c3cccc(C=O)c3)c2)nc1. The van der Waals surface area contributed by atoms with Crippen LogP contribution in [0.2, 0.25) is 0 Å². The van der Waals surface area contributed by atoms with Crippen molar-refractivity contribution >= 4 is 17.9 Å². The molecule has 0 aliphatic heterocycles. The van der Waals surface area contributed by atoms with Gasteiger partial charge in [-0.05, 0) is 36.4 Å². The number of rotatable bonds is 7. The molecular weight excluding hydrogens is 360 g/mol. The van der Waals surface area contributed by atoms with E-state index in [1.807, 2.05) is 0 Å². The van der Waals surface area contributed by atoms with Crippen LogP contribution in [0.4, 0.5) is 5.69 Å². The third-order valence-corrected chi connectivity index (χ3v) is 3.92. The maximum absolute atomic E-state index is 12.4. The van der Waals surface area contributed by atoms with E-state index in [4.69, 9.17) is 9.47 Å². The van der Waals surface area contributed by atoms with Gasteiger partial charge in [0.15, 0.2) is 0 Å². The normalized spacial score (nSPS) is 10.2. The molecule has 0 saturated carbocycles. The number of aromatic nitrogens is 1. The van der Waals surface area contributed by atoms with Crippen molar-refractivity contribution in [1.82, 2.24) is 4.98 Å². The van der Waals surface area contributed by atoms with E-state index >= 15 is 0 Å². The van der Waals surface area contributed by atoms with E-state index in [0.29, 0.717) is 34.6 Å². The molecule has 0 bridgehead atoms. The van der Waals surface area contributed by atoms with Crippen LogP contribution in [0.5, 0.6) is 17.2 Å². The molecule has 3 aromatic rings. The average molecular weight is 378 g/mol. The third kappa shape index (κ3) is 4.64. The summed E-state index contributed by atoms with van der Waals surface area (Å²) in [5.41, 5.74) is 1.59. The van der Waals surface area contributed by atoms with E-state index in [1.165, 1.54) is 18.2 Å². The Labute approximate surface area is 161 Å². The number of methoxy groups -OCH3 is 1. The van der Waals surface area contributed by atoms with Crippen molar-refractivity contribution < 1.29 is 24.2 Å². The van der Waals surface area contributed by atoms with Gasteiger partial charge in [-0.1, -0.05) is 12.1 Å². The van der Waals surface area contributed by atoms with Crippen LogP contribution in [0, 0.1) is 0 Å². The van der Waals surface area contributed by atoms with Crippen molar-refractivity contribution in [3.63, 3.8) is 0 Å². The molecule has 7 heteroatoms. The number of anilines is 1. The number of nitrogens with one attached hydrogen (secondary N) is 1. The Morgan fingerprint density at radius 1 is 1.14 bits per heavy atom. The van der Waals surface area contributed by atoms with E-state index in [-0.39, 0.29) is 18.0 Å². The molecule has 0 aliphatic rings. The van der Waals surface area contributed by atoms with Crippen LogP contribution in [-0.2, 0) is 6.61 Å². The smallest absolute Gasteiger partial charge is 0.255 e. The zero-order chi connectivity index (χ0) is 19.9. The zero-order valence-electron chi connectivity index (χ0n) is 15.1. The number of hydrogen-bond acceptors (Lipinski definition) is 6. The van der Waals surface area contributed by atoms with Crippen molar-refractivity contribution in [3.8, 4) is 17.2 Å². The summed E-state index contributed by atoms with van der Waals surface area (Å²) in [7, 11) is 1.56. The van der Waals surface area contributed by atoms with E-state index in [1.54, 1.807) is 49.7 Å². The third-order valence-electron chi connectivity index (χ3n) is 3.92. The standard InChI is InChI=1S/C21H18N2O5/c1-27-18-6-5-16(22-11-18)13-28-17-7-8-20(25)19(10-17)23-21(26)15-4-2-3-14(9-15)12-24/h2-12,25H,13H2,1H3,(H,23,26). The molecule has 0 saturated heterocycles. The first-order valence-electron chi connectivity index (χ1n) is 8.40. The Kier molecular flexibility index (Phi) is 5.86. The van der Waals surface area contributed by atoms with Gasteiger partial charge in [-0.3, -0.25) is 14.6 Å². The average Bonchev–Trinajstić information content (AvgIpc) is 2.74. The predicted octanol–water partition coefficient (Wildman–Crippen LogP) is 3.44. The van der Waals surface area contributed by atoms with E-state index in [2.05, 4.69) is 10.3 Å². The lowest BCUT2D eigenvalue weighted by atomic mass is 10.1. The molecule has 28 heavy (non-hydrogen) atoms. The minimum atomic E-state index is -0.451. The summed E-state index contributed by atoms with van der Waals surface area (Å²) in [6.07, 6.45) is 2.25. The van der Waals surface area contributed by atoms with E-state index in [9.17, 15) is 14.7 Å². The molecule has 0 aliphatic carbocycles. The molecule has 2 aromatic carbocycles. The predicted molar refractivity (Wildman–Crippen MR) is 103 cm³/mol. The second kappa shape index (κ2) is 8.68. The zero-order valence-corrected chi connectivity index (χ0v) is 15.1. The highest BCUT2D eigenvalue weighted by Gasteiger charge is 2.11. The summed E-state index contributed by atoms with van der Waals surface area (Å²) in [4.78, 5) is 27.5. The van der Waals surface area contributed by atoms with Crippen LogP contribution in [0.25, 0.3) is 0 Å². The lowest BCUT2D eigenvalue weighted by Gasteiger charge is -2.11. The Bertz CT molecular complexity index is 986. The van der Waals surface area contributed by atoms with Crippen molar-refractivity contribution in [2.45, 2.75) is 6.61 Å². The van der Waals surface area contributed by atoms with Gasteiger partial charge in [0.1, 0.15) is 30.1 Å². The minimum Gasteiger partial charge on any atom is -0.506 e. The van der Waals surface area contributed by atoms with Gasteiger partial charge in [-0.15, -0.1) is 0 Å². The first-order chi connectivity index (χ1) is 13.6. The number of benzene rings is 2. The largest absolute Gasteiger partial charge is 0.506 e. The number of phenols is 1. The number of hydrogen-bond donors (Lipinski definition) is 2. The van der Waals surface area contributed by atoms with Crippen LogP contribution < -0.4 is 14.8 Å².